The monoisotopic (exact) mass is 416 g/mol. The Labute approximate surface area is 133 Å². The maximum absolute atomic E-state index is 4.59. The molecule has 0 spiro atoms. The van der Waals surface area contributed by atoms with Crippen LogP contribution in [0, 0.1) is 0 Å². The smallest absolute Gasteiger partial charge is 0.256 e. The molecule has 2 aliphatic heterocycles. The van der Waals surface area contributed by atoms with Gasteiger partial charge in [0.05, 0.1) is 36.7 Å². The van der Waals surface area contributed by atoms with Crippen molar-refractivity contribution >= 4 is 65.7 Å². The van der Waals surface area contributed by atoms with Gasteiger partial charge in [-0.1, -0.05) is 31.9 Å². The van der Waals surface area contributed by atoms with Crippen molar-refractivity contribution in [1.82, 2.24) is 0 Å². The van der Waals surface area contributed by atoms with Gasteiger partial charge >= 0.3 is 0 Å². The van der Waals surface area contributed by atoms with Gasteiger partial charge in [0.15, 0.2) is 0 Å². The predicted octanol–water partition coefficient (Wildman–Crippen LogP) is -0.154. The summed E-state index contributed by atoms with van der Waals surface area (Å²) in [5, 5.41) is 10.3. The van der Waals surface area contributed by atoms with Gasteiger partial charge in [0, 0.05) is 10.7 Å². The van der Waals surface area contributed by atoms with Gasteiger partial charge in [0.25, 0.3) is 10.3 Å². The van der Waals surface area contributed by atoms with E-state index in [1.54, 1.807) is 0 Å². The molecule has 8 heteroatoms. The summed E-state index contributed by atoms with van der Waals surface area (Å²) in [6.45, 7) is 3.90. The summed E-state index contributed by atoms with van der Waals surface area (Å²) in [7, 11) is 0. The molecule has 0 amide bonds. The van der Waals surface area contributed by atoms with Gasteiger partial charge in [-0.3, -0.25) is 10.6 Å². The van der Waals surface area contributed by atoms with E-state index in [2.05, 4.69) is 52.5 Å². The van der Waals surface area contributed by atoms with Crippen molar-refractivity contribution in [2.24, 2.45) is 9.98 Å². The van der Waals surface area contributed by atoms with Crippen molar-refractivity contribution in [2.75, 3.05) is 36.8 Å². The lowest BCUT2D eigenvalue weighted by molar-refractivity contribution is -0.528. The number of amidine groups is 2. The van der Waals surface area contributed by atoms with E-state index in [1.165, 1.54) is 10.3 Å². The van der Waals surface area contributed by atoms with Gasteiger partial charge in [0.2, 0.25) is 0 Å². The van der Waals surface area contributed by atoms with Crippen LogP contribution >= 0.6 is 55.4 Å². The minimum atomic E-state index is 0.675. The van der Waals surface area contributed by atoms with E-state index in [0.29, 0.717) is 10.5 Å². The Bertz CT molecular complexity index is 306. The number of hydrogen-bond donors (Lipinski definition) is 2. The molecular formula is C10H18Br2N4S2+2. The topological polar surface area (TPSA) is 57.9 Å². The van der Waals surface area contributed by atoms with E-state index in [4.69, 9.17) is 0 Å². The van der Waals surface area contributed by atoms with E-state index in [9.17, 15) is 0 Å². The van der Waals surface area contributed by atoms with Gasteiger partial charge in [0.1, 0.15) is 0 Å². The molecule has 0 aromatic heterocycles. The standard InChI is InChI=1S/C10H16Br2N4S2/c11-3-7-5-15-9(17-7)13-1-2-14-10-16-6-8(4-12)18-10/h7-8H,1-6H2,(H,13,15)(H,14,16)/p+2. The van der Waals surface area contributed by atoms with E-state index in [-0.39, 0.29) is 0 Å². The summed E-state index contributed by atoms with van der Waals surface area (Å²) < 4.78 is 0. The number of nitrogens with two attached hydrogens (primary N) is 2. The van der Waals surface area contributed by atoms with Crippen molar-refractivity contribution in [3.63, 3.8) is 0 Å². The number of thioether (sulfide) groups is 2. The molecule has 4 nitrogen and oxygen atoms in total. The van der Waals surface area contributed by atoms with E-state index < -0.39 is 0 Å². The molecule has 2 heterocycles. The normalized spacial score (nSPS) is 32.8. The highest BCUT2D eigenvalue weighted by atomic mass is 79.9. The molecule has 0 aliphatic carbocycles. The number of aliphatic imine (C=N–C) groups is 2. The molecule has 2 fully saturated rings. The first-order chi connectivity index (χ1) is 8.81. The van der Waals surface area contributed by atoms with Crippen LogP contribution in [-0.2, 0) is 0 Å². The molecule has 4 N–H and O–H groups in total. The van der Waals surface area contributed by atoms with E-state index in [1.807, 2.05) is 23.5 Å². The van der Waals surface area contributed by atoms with Gasteiger partial charge in [-0.2, -0.15) is 0 Å². The average molecular weight is 418 g/mol. The van der Waals surface area contributed by atoms with Crippen LogP contribution in [0.2, 0.25) is 0 Å². The van der Waals surface area contributed by atoms with Crippen LogP contribution in [0.15, 0.2) is 9.98 Å². The minimum Gasteiger partial charge on any atom is -0.291 e. The number of rotatable bonds is 5. The quantitative estimate of drug-likeness (QED) is 0.482. The number of hydrogen-bond acceptors (Lipinski definition) is 4. The molecule has 2 unspecified atom stereocenters. The second-order valence-electron chi connectivity index (χ2n) is 4.11. The van der Waals surface area contributed by atoms with Crippen LogP contribution in [0.5, 0.6) is 0 Å². The fourth-order valence-corrected chi connectivity index (χ4v) is 4.94. The van der Waals surface area contributed by atoms with E-state index >= 15 is 0 Å². The Hall–Kier alpha value is 0.920. The van der Waals surface area contributed by atoms with E-state index in [0.717, 1.165) is 36.8 Å². The molecule has 0 radical (unpaired) electrons. The molecular weight excluding hydrogens is 400 g/mol. The van der Waals surface area contributed by atoms with Crippen molar-refractivity contribution in [2.45, 2.75) is 10.5 Å². The Morgan fingerprint density at radius 2 is 1.39 bits per heavy atom. The third kappa shape index (κ3) is 4.79. The van der Waals surface area contributed by atoms with Crippen LogP contribution < -0.4 is 10.6 Å². The molecule has 0 aromatic carbocycles. The van der Waals surface area contributed by atoms with Crippen LogP contribution in [-0.4, -0.2) is 57.7 Å². The SMILES string of the molecule is BrCC1C[NH2+]C(=NCCN=C2[NH2+]CC(CBr)S2)S1. The highest BCUT2D eigenvalue weighted by molar-refractivity contribution is 9.09. The number of quaternary nitrogens is 2. The van der Waals surface area contributed by atoms with Crippen LogP contribution in [0.1, 0.15) is 0 Å². The average Bonchev–Trinajstić information content (AvgIpc) is 3.03. The zero-order valence-electron chi connectivity index (χ0n) is 10.0. The number of nitrogens with zero attached hydrogens (tertiary/aromatic N) is 2. The summed E-state index contributed by atoms with van der Waals surface area (Å²) >= 11 is 10.8. The summed E-state index contributed by atoms with van der Waals surface area (Å²) in [5.41, 5.74) is 0. The third-order valence-electron chi connectivity index (χ3n) is 2.67. The Balaban J connectivity index is 1.67. The van der Waals surface area contributed by atoms with Crippen LogP contribution in [0.4, 0.5) is 0 Å². The molecule has 2 atom stereocenters. The van der Waals surface area contributed by atoms with Crippen LogP contribution in [0.3, 0.4) is 0 Å². The lowest BCUT2D eigenvalue weighted by Crippen LogP contribution is -2.85. The lowest BCUT2D eigenvalue weighted by Gasteiger charge is -1.94. The second kappa shape index (κ2) is 8.26. The van der Waals surface area contributed by atoms with Gasteiger partial charge < -0.3 is 0 Å². The highest BCUT2D eigenvalue weighted by Gasteiger charge is 2.25. The molecule has 0 aromatic rings. The fourth-order valence-electron chi connectivity index (χ4n) is 1.71. The number of alkyl halides is 2. The molecule has 2 rings (SSSR count). The maximum atomic E-state index is 4.59. The Morgan fingerprint density at radius 1 is 0.944 bits per heavy atom. The Morgan fingerprint density at radius 3 is 1.72 bits per heavy atom. The molecule has 0 bridgehead atoms. The molecule has 102 valence electrons. The van der Waals surface area contributed by atoms with Crippen molar-refractivity contribution in [3.05, 3.63) is 0 Å². The first-order valence-corrected chi connectivity index (χ1v) is 10.0. The molecule has 2 aliphatic rings. The fraction of sp³-hybridized carbons (Fsp3) is 0.800. The third-order valence-corrected chi connectivity index (χ3v) is 7.54. The molecule has 18 heavy (non-hydrogen) atoms. The van der Waals surface area contributed by atoms with Gasteiger partial charge in [-0.05, 0) is 23.5 Å². The van der Waals surface area contributed by atoms with Crippen molar-refractivity contribution in [3.8, 4) is 0 Å². The minimum absolute atomic E-state index is 0.675. The van der Waals surface area contributed by atoms with Crippen molar-refractivity contribution in [1.29, 1.82) is 0 Å². The lowest BCUT2D eigenvalue weighted by atomic mass is 10.5. The first kappa shape index (κ1) is 15.3. The second-order valence-corrected chi connectivity index (χ2v) is 8.04. The summed E-state index contributed by atoms with van der Waals surface area (Å²) in [6.07, 6.45) is 0. The molecule has 2 saturated heterocycles. The van der Waals surface area contributed by atoms with Gasteiger partial charge in [-0.25, -0.2) is 9.98 Å². The zero-order chi connectivity index (χ0) is 12.8. The summed E-state index contributed by atoms with van der Waals surface area (Å²) in [4.78, 5) is 9.17. The highest BCUT2D eigenvalue weighted by Crippen LogP contribution is 2.16. The number of halogens is 2. The molecule has 0 saturated carbocycles. The Kier molecular flexibility index (Phi) is 7.03. The summed E-state index contributed by atoms with van der Waals surface area (Å²) in [5.74, 6) is 0. The van der Waals surface area contributed by atoms with Crippen molar-refractivity contribution < 1.29 is 10.6 Å². The maximum Gasteiger partial charge on any atom is 0.256 e. The first-order valence-electron chi connectivity index (χ1n) is 6.02. The predicted molar refractivity (Wildman–Crippen MR) is 88.5 cm³/mol. The zero-order valence-corrected chi connectivity index (χ0v) is 14.8. The summed E-state index contributed by atoms with van der Waals surface area (Å²) in [6, 6.07) is 0. The van der Waals surface area contributed by atoms with Crippen LogP contribution in [0.25, 0.3) is 0 Å². The largest absolute Gasteiger partial charge is 0.291 e. The van der Waals surface area contributed by atoms with Gasteiger partial charge in [-0.15, -0.1) is 0 Å².